The maximum absolute atomic E-state index is 11.9. The molecule has 27 heavy (non-hydrogen) atoms. The quantitative estimate of drug-likeness (QED) is 0.351. The number of hydrogen-bond acceptors (Lipinski definition) is 6. The van der Waals surface area contributed by atoms with Gasteiger partial charge in [0.1, 0.15) is 6.10 Å². The molecule has 1 aliphatic rings. The normalized spacial score (nSPS) is 20.3. The number of guanidine groups is 1. The molecule has 0 aromatic carbocycles. The predicted molar refractivity (Wildman–Crippen MR) is 108 cm³/mol. The number of aliphatic hydroxyl groups is 1. The van der Waals surface area contributed by atoms with E-state index in [-0.39, 0.29) is 36.4 Å². The second-order valence-electron chi connectivity index (χ2n) is 6.22. The summed E-state index contributed by atoms with van der Waals surface area (Å²) in [6.07, 6.45) is -0.0779. The third-order valence-corrected chi connectivity index (χ3v) is 7.03. The van der Waals surface area contributed by atoms with Crippen molar-refractivity contribution in [3.63, 3.8) is 0 Å². The lowest BCUT2D eigenvalue weighted by Gasteiger charge is -2.14. The minimum absolute atomic E-state index is 0.0148. The van der Waals surface area contributed by atoms with Crippen LogP contribution in [-0.4, -0.2) is 62.6 Å². The molecule has 1 amide bonds. The second kappa shape index (κ2) is 10.3. The molecule has 1 aliphatic heterocycles. The van der Waals surface area contributed by atoms with Crippen molar-refractivity contribution in [1.29, 1.82) is 0 Å². The molecule has 1 fully saturated rings. The van der Waals surface area contributed by atoms with Crippen molar-refractivity contribution in [2.45, 2.75) is 31.9 Å². The van der Waals surface area contributed by atoms with E-state index in [0.717, 1.165) is 4.88 Å². The molecule has 8 nitrogen and oxygen atoms in total. The number of aliphatic hydroxyl groups excluding tert-OH is 1. The SMILES string of the molecule is CCNC(=NCC(O)c1ccc(Cl)s1)NCCC(=O)NC1CCS(=O)(=O)C1. The summed E-state index contributed by atoms with van der Waals surface area (Å²) in [5, 5.41) is 19.0. The fraction of sp³-hybridized carbons (Fsp3) is 0.625. The molecule has 0 radical (unpaired) electrons. The van der Waals surface area contributed by atoms with Crippen LogP contribution in [-0.2, 0) is 14.6 Å². The van der Waals surface area contributed by atoms with Gasteiger partial charge in [0.05, 0.1) is 22.4 Å². The number of hydrogen-bond donors (Lipinski definition) is 4. The largest absolute Gasteiger partial charge is 0.386 e. The molecule has 1 aromatic rings. The summed E-state index contributed by atoms with van der Waals surface area (Å²) >= 11 is 7.17. The summed E-state index contributed by atoms with van der Waals surface area (Å²) in [7, 11) is -3.01. The first-order valence-electron chi connectivity index (χ1n) is 8.74. The molecule has 2 unspecified atom stereocenters. The Morgan fingerprint density at radius 3 is 2.81 bits per heavy atom. The molecular formula is C16H25ClN4O4S2. The average Bonchev–Trinajstić information content (AvgIpc) is 3.17. The summed E-state index contributed by atoms with van der Waals surface area (Å²) in [5.74, 6) is 0.440. The van der Waals surface area contributed by atoms with Crippen LogP contribution >= 0.6 is 22.9 Å². The van der Waals surface area contributed by atoms with Crippen LogP contribution in [0.3, 0.4) is 0 Å². The van der Waals surface area contributed by atoms with Gasteiger partial charge >= 0.3 is 0 Å². The van der Waals surface area contributed by atoms with Gasteiger partial charge in [0.2, 0.25) is 5.91 Å². The molecule has 1 saturated heterocycles. The first-order chi connectivity index (χ1) is 12.8. The second-order valence-corrected chi connectivity index (χ2v) is 10.2. The van der Waals surface area contributed by atoms with Crippen molar-refractivity contribution in [2.75, 3.05) is 31.1 Å². The lowest BCUT2D eigenvalue weighted by atomic mass is 10.2. The first kappa shape index (κ1) is 21.9. The molecule has 0 aliphatic carbocycles. The molecule has 0 spiro atoms. The van der Waals surface area contributed by atoms with Gasteiger partial charge in [0.15, 0.2) is 15.8 Å². The van der Waals surface area contributed by atoms with Gasteiger partial charge in [-0.15, -0.1) is 11.3 Å². The summed E-state index contributed by atoms with van der Waals surface area (Å²) in [6, 6.07) is 3.20. The lowest BCUT2D eigenvalue weighted by Crippen LogP contribution is -2.41. The Morgan fingerprint density at radius 2 is 2.22 bits per heavy atom. The van der Waals surface area contributed by atoms with Crippen molar-refractivity contribution < 1.29 is 18.3 Å². The van der Waals surface area contributed by atoms with E-state index in [0.29, 0.717) is 29.8 Å². The molecule has 4 N–H and O–H groups in total. The molecule has 0 bridgehead atoms. The van der Waals surface area contributed by atoms with E-state index >= 15 is 0 Å². The van der Waals surface area contributed by atoms with Crippen molar-refractivity contribution in [3.8, 4) is 0 Å². The van der Waals surface area contributed by atoms with E-state index in [9.17, 15) is 18.3 Å². The zero-order valence-electron chi connectivity index (χ0n) is 15.1. The average molecular weight is 437 g/mol. The number of rotatable bonds is 8. The minimum atomic E-state index is -3.01. The highest BCUT2D eigenvalue weighted by molar-refractivity contribution is 7.91. The van der Waals surface area contributed by atoms with E-state index in [4.69, 9.17) is 11.6 Å². The van der Waals surface area contributed by atoms with Gasteiger partial charge in [-0.25, -0.2) is 8.42 Å². The number of halogens is 1. The minimum Gasteiger partial charge on any atom is -0.386 e. The zero-order chi connectivity index (χ0) is 19.9. The van der Waals surface area contributed by atoms with Crippen LogP contribution in [0.2, 0.25) is 4.34 Å². The smallest absolute Gasteiger partial charge is 0.222 e. The van der Waals surface area contributed by atoms with Crippen LogP contribution in [0.4, 0.5) is 0 Å². The summed E-state index contributed by atoms with van der Waals surface area (Å²) < 4.78 is 23.4. The van der Waals surface area contributed by atoms with E-state index in [1.807, 2.05) is 6.92 Å². The molecular weight excluding hydrogens is 412 g/mol. The third kappa shape index (κ3) is 7.65. The van der Waals surface area contributed by atoms with Crippen LogP contribution in [0.5, 0.6) is 0 Å². The molecule has 2 rings (SSSR count). The highest BCUT2D eigenvalue weighted by Crippen LogP contribution is 2.26. The Hall–Kier alpha value is -1.36. The van der Waals surface area contributed by atoms with Crippen LogP contribution in [0.1, 0.15) is 30.7 Å². The Labute approximate surface area is 168 Å². The van der Waals surface area contributed by atoms with E-state index in [2.05, 4.69) is 20.9 Å². The third-order valence-electron chi connectivity index (χ3n) is 3.93. The topological polar surface area (TPSA) is 120 Å². The standard InChI is InChI=1S/C16H25ClN4O4S2/c1-2-18-16(20-9-12(22)13-3-4-14(17)26-13)19-7-5-15(23)21-11-6-8-27(24,25)10-11/h3-4,11-12,22H,2,5-10H2,1H3,(H,21,23)(H2,18,19,20). The number of thiophene rings is 1. The summed E-state index contributed by atoms with van der Waals surface area (Å²) in [6.45, 7) is 3.06. The number of carbonyl (C=O) groups excluding carboxylic acids is 1. The Kier molecular flexibility index (Phi) is 8.33. The Morgan fingerprint density at radius 1 is 1.44 bits per heavy atom. The van der Waals surface area contributed by atoms with Gasteiger partial charge in [0.25, 0.3) is 0 Å². The fourth-order valence-electron chi connectivity index (χ4n) is 2.62. The number of carbonyl (C=O) groups is 1. The van der Waals surface area contributed by atoms with Crippen molar-refractivity contribution >= 4 is 44.6 Å². The number of nitrogens with zero attached hydrogens (tertiary/aromatic N) is 1. The number of aliphatic imine (C=N–C) groups is 1. The highest BCUT2D eigenvalue weighted by atomic mass is 35.5. The van der Waals surface area contributed by atoms with Gasteiger partial charge in [0, 0.05) is 30.4 Å². The van der Waals surface area contributed by atoms with E-state index < -0.39 is 15.9 Å². The molecule has 1 aromatic heterocycles. The van der Waals surface area contributed by atoms with Crippen LogP contribution < -0.4 is 16.0 Å². The number of amides is 1. The van der Waals surface area contributed by atoms with Gasteiger partial charge in [-0.1, -0.05) is 11.6 Å². The Balaban J connectivity index is 1.75. The van der Waals surface area contributed by atoms with Crippen LogP contribution in [0.25, 0.3) is 0 Å². The fourth-order valence-corrected chi connectivity index (χ4v) is 5.33. The zero-order valence-corrected chi connectivity index (χ0v) is 17.5. The maximum atomic E-state index is 11.9. The Bertz CT molecular complexity index is 766. The predicted octanol–water partition coefficient (Wildman–Crippen LogP) is 0.683. The van der Waals surface area contributed by atoms with Gasteiger partial charge < -0.3 is 21.1 Å². The molecule has 2 heterocycles. The molecule has 11 heteroatoms. The maximum Gasteiger partial charge on any atom is 0.222 e. The summed E-state index contributed by atoms with van der Waals surface area (Å²) in [5.41, 5.74) is 0. The van der Waals surface area contributed by atoms with Gasteiger partial charge in [-0.3, -0.25) is 9.79 Å². The van der Waals surface area contributed by atoms with Crippen molar-refractivity contribution in [2.24, 2.45) is 4.99 Å². The molecule has 152 valence electrons. The summed E-state index contributed by atoms with van der Waals surface area (Å²) in [4.78, 5) is 17.0. The number of nitrogens with one attached hydrogen (secondary N) is 3. The molecule has 2 atom stereocenters. The van der Waals surface area contributed by atoms with Crippen LogP contribution in [0, 0.1) is 0 Å². The van der Waals surface area contributed by atoms with E-state index in [1.54, 1.807) is 12.1 Å². The number of sulfone groups is 1. The first-order valence-corrected chi connectivity index (χ1v) is 11.8. The molecule has 0 saturated carbocycles. The monoisotopic (exact) mass is 436 g/mol. The van der Waals surface area contributed by atoms with Gasteiger partial charge in [-0.2, -0.15) is 0 Å². The van der Waals surface area contributed by atoms with Crippen molar-refractivity contribution in [1.82, 2.24) is 16.0 Å². The lowest BCUT2D eigenvalue weighted by molar-refractivity contribution is -0.121. The van der Waals surface area contributed by atoms with Gasteiger partial charge in [-0.05, 0) is 25.5 Å². The van der Waals surface area contributed by atoms with E-state index in [1.165, 1.54) is 11.3 Å². The van der Waals surface area contributed by atoms with Crippen molar-refractivity contribution in [3.05, 3.63) is 21.3 Å². The highest BCUT2D eigenvalue weighted by Gasteiger charge is 2.28. The van der Waals surface area contributed by atoms with Crippen LogP contribution in [0.15, 0.2) is 17.1 Å².